The van der Waals surface area contributed by atoms with Gasteiger partial charge in [0.1, 0.15) is 12.4 Å². The van der Waals surface area contributed by atoms with Crippen LogP contribution in [0.4, 0.5) is 0 Å². The molecule has 0 radical (unpaired) electrons. The van der Waals surface area contributed by atoms with Crippen molar-refractivity contribution < 1.29 is 9.53 Å². The van der Waals surface area contributed by atoms with Gasteiger partial charge in [0, 0.05) is 10.9 Å². The van der Waals surface area contributed by atoms with Crippen molar-refractivity contribution in [2.75, 3.05) is 0 Å². The maximum absolute atomic E-state index is 11.1. The maximum Gasteiger partial charge on any atom is 0.248 e. The number of fused-ring (bicyclic) bond motifs is 1. The lowest BCUT2D eigenvalue weighted by Crippen LogP contribution is -2.10. The van der Waals surface area contributed by atoms with Gasteiger partial charge >= 0.3 is 0 Å². The molecule has 0 fully saturated rings. The fourth-order valence-corrected chi connectivity index (χ4v) is 2.09. The van der Waals surface area contributed by atoms with Crippen LogP contribution in [0.2, 0.25) is 0 Å². The SMILES string of the molecule is NC(=O)c1cccc(OCc2ccc3ccccc3n2)c1. The van der Waals surface area contributed by atoms with Crippen molar-refractivity contribution in [2.45, 2.75) is 6.61 Å². The van der Waals surface area contributed by atoms with E-state index in [1.54, 1.807) is 24.3 Å². The molecule has 104 valence electrons. The number of hydrogen-bond acceptors (Lipinski definition) is 3. The molecule has 21 heavy (non-hydrogen) atoms. The number of hydrogen-bond donors (Lipinski definition) is 1. The Morgan fingerprint density at radius 3 is 2.76 bits per heavy atom. The van der Waals surface area contributed by atoms with E-state index in [2.05, 4.69) is 4.98 Å². The fourth-order valence-electron chi connectivity index (χ4n) is 2.09. The summed E-state index contributed by atoms with van der Waals surface area (Å²) in [5, 5.41) is 1.09. The van der Waals surface area contributed by atoms with E-state index >= 15 is 0 Å². The van der Waals surface area contributed by atoms with Gasteiger partial charge in [0.25, 0.3) is 0 Å². The van der Waals surface area contributed by atoms with Crippen LogP contribution < -0.4 is 10.5 Å². The summed E-state index contributed by atoms with van der Waals surface area (Å²) < 4.78 is 5.66. The quantitative estimate of drug-likeness (QED) is 0.798. The average molecular weight is 278 g/mol. The molecule has 4 nitrogen and oxygen atoms in total. The van der Waals surface area contributed by atoms with E-state index in [1.165, 1.54) is 0 Å². The normalized spacial score (nSPS) is 10.5. The first-order valence-electron chi connectivity index (χ1n) is 6.60. The number of nitrogens with two attached hydrogens (primary N) is 1. The number of carbonyl (C=O) groups is 1. The number of benzene rings is 2. The number of nitrogens with zero attached hydrogens (tertiary/aromatic N) is 1. The van der Waals surface area contributed by atoms with Crippen LogP contribution in [-0.4, -0.2) is 10.9 Å². The zero-order chi connectivity index (χ0) is 14.7. The van der Waals surface area contributed by atoms with Crippen LogP contribution in [0, 0.1) is 0 Å². The highest BCUT2D eigenvalue weighted by Crippen LogP contribution is 2.16. The summed E-state index contributed by atoms with van der Waals surface area (Å²) in [6.07, 6.45) is 0. The Morgan fingerprint density at radius 1 is 1.05 bits per heavy atom. The van der Waals surface area contributed by atoms with E-state index in [-0.39, 0.29) is 0 Å². The lowest BCUT2D eigenvalue weighted by Gasteiger charge is -2.07. The molecule has 0 saturated heterocycles. The predicted molar refractivity (Wildman–Crippen MR) is 81.0 cm³/mol. The van der Waals surface area contributed by atoms with Crippen molar-refractivity contribution in [3.63, 3.8) is 0 Å². The third kappa shape index (κ3) is 3.00. The average Bonchev–Trinajstić information content (AvgIpc) is 2.53. The van der Waals surface area contributed by atoms with Crippen LogP contribution in [0.3, 0.4) is 0 Å². The Bertz CT molecular complexity index is 799. The first-order valence-corrected chi connectivity index (χ1v) is 6.60. The lowest BCUT2D eigenvalue weighted by atomic mass is 10.2. The molecule has 3 aromatic rings. The second-order valence-corrected chi connectivity index (χ2v) is 4.68. The van der Waals surface area contributed by atoms with Crippen LogP contribution >= 0.6 is 0 Å². The zero-order valence-corrected chi connectivity index (χ0v) is 11.3. The molecule has 1 heterocycles. The van der Waals surface area contributed by atoms with Gasteiger partial charge in [0.05, 0.1) is 11.2 Å². The Hall–Kier alpha value is -2.88. The first kappa shape index (κ1) is 13.1. The number of pyridine rings is 1. The van der Waals surface area contributed by atoms with Crippen molar-refractivity contribution in [3.8, 4) is 5.75 Å². The van der Waals surface area contributed by atoms with Crippen molar-refractivity contribution in [1.82, 2.24) is 4.98 Å². The number of carbonyl (C=O) groups excluding carboxylic acids is 1. The molecule has 4 heteroatoms. The molecule has 0 aliphatic carbocycles. The second kappa shape index (κ2) is 5.63. The summed E-state index contributed by atoms with van der Waals surface area (Å²) in [5.41, 5.74) is 7.44. The standard InChI is InChI=1S/C17H14N2O2/c18-17(20)13-5-3-6-15(10-13)21-11-14-9-8-12-4-1-2-7-16(12)19-14/h1-10H,11H2,(H2,18,20). The molecule has 0 saturated carbocycles. The Labute approximate surface area is 122 Å². The smallest absolute Gasteiger partial charge is 0.248 e. The predicted octanol–water partition coefficient (Wildman–Crippen LogP) is 2.91. The zero-order valence-electron chi connectivity index (χ0n) is 11.3. The minimum absolute atomic E-state index is 0.340. The molecule has 0 atom stereocenters. The van der Waals surface area contributed by atoms with Crippen LogP contribution in [0.1, 0.15) is 16.1 Å². The van der Waals surface area contributed by atoms with E-state index < -0.39 is 5.91 Å². The molecular weight excluding hydrogens is 264 g/mol. The molecule has 1 amide bonds. The highest BCUT2D eigenvalue weighted by molar-refractivity contribution is 5.93. The molecule has 2 aromatic carbocycles. The number of rotatable bonds is 4. The van der Waals surface area contributed by atoms with Gasteiger partial charge in [-0.1, -0.05) is 30.3 Å². The first-order chi connectivity index (χ1) is 10.2. The van der Waals surface area contributed by atoms with Crippen molar-refractivity contribution >= 4 is 16.8 Å². The third-order valence-corrected chi connectivity index (χ3v) is 3.16. The largest absolute Gasteiger partial charge is 0.487 e. The molecule has 0 unspecified atom stereocenters. The van der Waals surface area contributed by atoms with E-state index in [1.807, 2.05) is 36.4 Å². The molecule has 2 N–H and O–H groups in total. The minimum atomic E-state index is -0.468. The number of para-hydroxylation sites is 1. The molecule has 1 aromatic heterocycles. The Balaban J connectivity index is 1.77. The molecule has 0 spiro atoms. The molecule has 0 bridgehead atoms. The van der Waals surface area contributed by atoms with Gasteiger partial charge < -0.3 is 10.5 Å². The van der Waals surface area contributed by atoms with Gasteiger partial charge in [0.15, 0.2) is 0 Å². The van der Waals surface area contributed by atoms with Gasteiger partial charge in [-0.3, -0.25) is 4.79 Å². The topological polar surface area (TPSA) is 65.2 Å². The molecule has 3 rings (SSSR count). The van der Waals surface area contributed by atoms with Crippen LogP contribution in [-0.2, 0) is 6.61 Å². The van der Waals surface area contributed by atoms with E-state index in [0.29, 0.717) is 17.9 Å². The number of aromatic nitrogens is 1. The Morgan fingerprint density at radius 2 is 1.90 bits per heavy atom. The summed E-state index contributed by atoms with van der Waals surface area (Å²) in [7, 11) is 0. The van der Waals surface area contributed by atoms with E-state index in [9.17, 15) is 4.79 Å². The van der Waals surface area contributed by atoms with Crippen LogP contribution in [0.25, 0.3) is 10.9 Å². The van der Waals surface area contributed by atoms with Crippen LogP contribution in [0.15, 0.2) is 60.7 Å². The molecule has 0 aliphatic heterocycles. The van der Waals surface area contributed by atoms with Gasteiger partial charge in [-0.15, -0.1) is 0 Å². The summed E-state index contributed by atoms with van der Waals surface area (Å²) in [6.45, 7) is 0.340. The number of amides is 1. The highest BCUT2D eigenvalue weighted by Gasteiger charge is 2.03. The molecular formula is C17H14N2O2. The highest BCUT2D eigenvalue weighted by atomic mass is 16.5. The Kier molecular flexibility index (Phi) is 3.51. The van der Waals surface area contributed by atoms with Gasteiger partial charge in [-0.2, -0.15) is 0 Å². The van der Waals surface area contributed by atoms with E-state index in [0.717, 1.165) is 16.6 Å². The monoisotopic (exact) mass is 278 g/mol. The van der Waals surface area contributed by atoms with Gasteiger partial charge in [-0.25, -0.2) is 4.98 Å². The van der Waals surface area contributed by atoms with Crippen molar-refractivity contribution in [1.29, 1.82) is 0 Å². The fraction of sp³-hybridized carbons (Fsp3) is 0.0588. The number of ether oxygens (including phenoxy) is 1. The summed E-state index contributed by atoms with van der Waals surface area (Å²) >= 11 is 0. The van der Waals surface area contributed by atoms with Gasteiger partial charge in [-0.05, 0) is 30.3 Å². The lowest BCUT2D eigenvalue weighted by molar-refractivity contribution is 0.1000. The number of primary amides is 1. The maximum atomic E-state index is 11.1. The van der Waals surface area contributed by atoms with Gasteiger partial charge in [0.2, 0.25) is 5.91 Å². The summed E-state index contributed by atoms with van der Waals surface area (Å²) in [5.74, 6) is 0.130. The summed E-state index contributed by atoms with van der Waals surface area (Å²) in [4.78, 5) is 15.7. The van der Waals surface area contributed by atoms with Crippen molar-refractivity contribution in [3.05, 3.63) is 71.9 Å². The van der Waals surface area contributed by atoms with Crippen LogP contribution in [0.5, 0.6) is 5.75 Å². The van der Waals surface area contributed by atoms with E-state index in [4.69, 9.17) is 10.5 Å². The third-order valence-electron chi connectivity index (χ3n) is 3.16. The minimum Gasteiger partial charge on any atom is -0.487 e. The molecule has 0 aliphatic rings. The second-order valence-electron chi connectivity index (χ2n) is 4.68. The van der Waals surface area contributed by atoms with Crippen molar-refractivity contribution in [2.24, 2.45) is 5.73 Å². The summed E-state index contributed by atoms with van der Waals surface area (Å²) in [6, 6.07) is 18.7.